The lowest BCUT2D eigenvalue weighted by Gasteiger charge is -2.13. The van der Waals surface area contributed by atoms with Crippen molar-refractivity contribution < 1.29 is 32.5 Å². The van der Waals surface area contributed by atoms with Crippen LogP contribution in [0.5, 0.6) is 5.75 Å². The zero-order valence-electron chi connectivity index (χ0n) is 24.5. The second kappa shape index (κ2) is 15.2. The number of ether oxygens (including phenoxy) is 2. The molecule has 4 aromatic rings. The average Bonchev–Trinajstić information content (AvgIpc) is 3.65. The topological polar surface area (TPSA) is 146 Å². The van der Waals surface area contributed by atoms with Gasteiger partial charge in [-0.15, -0.1) is 12.4 Å². The highest BCUT2D eigenvalue weighted by Gasteiger charge is 2.22. The molecule has 0 aliphatic heterocycles. The van der Waals surface area contributed by atoms with Gasteiger partial charge in [0.2, 0.25) is 17.5 Å². The summed E-state index contributed by atoms with van der Waals surface area (Å²) in [6.07, 6.45) is -0.0132. The van der Waals surface area contributed by atoms with E-state index in [1.165, 1.54) is 12.1 Å². The number of benzene rings is 2. The monoisotopic (exact) mass is 616 g/mol. The lowest BCUT2D eigenvalue weighted by molar-refractivity contribution is -0.144. The second-order valence-corrected chi connectivity index (χ2v) is 10.0. The summed E-state index contributed by atoms with van der Waals surface area (Å²) in [7, 11) is 3.48. The Morgan fingerprint density at radius 1 is 0.977 bits per heavy atom. The summed E-state index contributed by atoms with van der Waals surface area (Å²) in [6, 6.07) is 11.2. The molecule has 4 rings (SSSR count). The van der Waals surface area contributed by atoms with Crippen molar-refractivity contribution in [3.8, 4) is 28.5 Å². The molecule has 2 heterocycles. The fraction of sp³-hybridized carbons (Fsp3) is 0.379. The highest BCUT2D eigenvalue weighted by molar-refractivity contribution is 5.94. The number of carbonyl (C=O) groups is 2. The third-order valence-electron chi connectivity index (χ3n) is 5.98. The fourth-order valence-corrected chi connectivity index (χ4v) is 3.79. The van der Waals surface area contributed by atoms with Crippen molar-refractivity contribution in [1.82, 2.24) is 30.5 Å². The van der Waals surface area contributed by atoms with E-state index >= 15 is 0 Å². The van der Waals surface area contributed by atoms with Crippen molar-refractivity contribution in [1.29, 1.82) is 0 Å². The van der Waals surface area contributed by atoms with E-state index in [9.17, 15) is 14.0 Å². The van der Waals surface area contributed by atoms with E-state index in [0.717, 1.165) is 11.6 Å². The molecule has 230 valence electrons. The molecular weight excluding hydrogens is 583 g/mol. The van der Waals surface area contributed by atoms with E-state index in [4.69, 9.17) is 18.5 Å². The minimum atomic E-state index is -0.758. The maximum atomic E-state index is 14.8. The molecule has 0 aliphatic carbocycles. The van der Waals surface area contributed by atoms with Gasteiger partial charge in [-0.05, 0) is 56.9 Å². The Kier molecular flexibility index (Phi) is 11.7. The predicted molar refractivity (Wildman–Crippen MR) is 156 cm³/mol. The number of nitrogens with one attached hydrogen (secondary N) is 1. The average molecular weight is 617 g/mol. The van der Waals surface area contributed by atoms with Gasteiger partial charge in [0.15, 0.2) is 6.10 Å². The number of amides is 1. The third-order valence-corrected chi connectivity index (χ3v) is 5.98. The molecule has 0 fully saturated rings. The van der Waals surface area contributed by atoms with Crippen LogP contribution in [0.1, 0.15) is 61.4 Å². The smallest absolute Gasteiger partial charge is 0.320 e. The van der Waals surface area contributed by atoms with Crippen molar-refractivity contribution in [3.05, 3.63) is 65.6 Å². The summed E-state index contributed by atoms with van der Waals surface area (Å²) in [6.45, 7) is 6.02. The first-order chi connectivity index (χ1) is 20.1. The molecule has 0 bridgehead atoms. The van der Waals surface area contributed by atoms with Crippen LogP contribution in [-0.4, -0.2) is 70.8 Å². The fourth-order valence-electron chi connectivity index (χ4n) is 3.79. The van der Waals surface area contributed by atoms with Crippen LogP contribution in [0.3, 0.4) is 0 Å². The van der Waals surface area contributed by atoms with E-state index in [-0.39, 0.29) is 55.3 Å². The van der Waals surface area contributed by atoms with Gasteiger partial charge in [0, 0.05) is 17.0 Å². The first kappa shape index (κ1) is 33.1. The maximum Gasteiger partial charge on any atom is 0.320 e. The van der Waals surface area contributed by atoms with Crippen molar-refractivity contribution in [2.24, 2.45) is 0 Å². The third kappa shape index (κ3) is 8.82. The standard InChI is InChI=1S/C29H33FN6O6.ClH/c1-6-23(40-20-10-7-18(8-11-20)25-32-28(17(2)3)41-34-25)29-33-26(35-42-29)19-9-12-21(22(30)15-19)27(38)31-13-14-39-24(37)16-36(4)5;/h7-12,15,17,23H,6,13-14,16H2,1-5H3,(H,31,38);1H. The maximum absolute atomic E-state index is 14.8. The van der Waals surface area contributed by atoms with Crippen LogP contribution in [0, 0.1) is 5.82 Å². The van der Waals surface area contributed by atoms with Crippen LogP contribution in [0.25, 0.3) is 22.8 Å². The van der Waals surface area contributed by atoms with Gasteiger partial charge in [-0.25, -0.2) is 4.39 Å². The number of nitrogens with zero attached hydrogens (tertiary/aromatic N) is 5. The molecule has 12 nitrogen and oxygen atoms in total. The molecule has 1 atom stereocenters. The Morgan fingerprint density at radius 2 is 1.60 bits per heavy atom. The first-order valence-electron chi connectivity index (χ1n) is 13.5. The number of carbonyl (C=O) groups excluding carboxylic acids is 2. The van der Waals surface area contributed by atoms with E-state index < -0.39 is 23.8 Å². The van der Waals surface area contributed by atoms with Gasteiger partial charge >= 0.3 is 5.97 Å². The van der Waals surface area contributed by atoms with Crippen molar-refractivity contribution >= 4 is 24.3 Å². The van der Waals surface area contributed by atoms with E-state index in [1.807, 2.05) is 32.9 Å². The lowest BCUT2D eigenvalue weighted by atomic mass is 10.1. The quantitative estimate of drug-likeness (QED) is 0.163. The Hall–Kier alpha value is -4.36. The Bertz CT molecular complexity index is 1510. The molecule has 0 saturated carbocycles. The molecule has 0 aliphatic rings. The summed E-state index contributed by atoms with van der Waals surface area (Å²) in [5.41, 5.74) is 0.951. The highest BCUT2D eigenvalue weighted by Crippen LogP contribution is 2.28. The summed E-state index contributed by atoms with van der Waals surface area (Å²) in [5, 5.41) is 10.5. The number of hydrogen-bond acceptors (Lipinski definition) is 11. The minimum Gasteiger partial charge on any atom is -0.481 e. The molecule has 14 heteroatoms. The molecule has 0 spiro atoms. The van der Waals surface area contributed by atoms with Crippen molar-refractivity contribution in [2.75, 3.05) is 33.8 Å². The second-order valence-electron chi connectivity index (χ2n) is 10.0. The zero-order valence-corrected chi connectivity index (χ0v) is 25.3. The Morgan fingerprint density at radius 3 is 2.21 bits per heavy atom. The predicted octanol–water partition coefficient (Wildman–Crippen LogP) is 4.84. The molecule has 2 aromatic carbocycles. The number of aromatic nitrogens is 4. The largest absolute Gasteiger partial charge is 0.481 e. The molecule has 1 unspecified atom stereocenters. The zero-order chi connectivity index (χ0) is 30.2. The highest BCUT2D eigenvalue weighted by atomic mass is 35.5. The number of likely N-dealkylation sites (N-methyl/N-ethyl adjacent to an activating group) is 1. The number of halogens is 2. The van der Waals surface area contributed by atoms with Gasteiger partial charge in [-0.3, -0.25) is 14.5 Å². The van der Waals surface area contributed by atoms with Gasteiger partial charge in [-0.2, -0.15) is 9.97 Å². The van der Waals surface area contributed by atoms with E-state index in [2.05, 4.69) is 25.6 Å². The van der Waals surface area contributed by atoms with Crippen LogP contribution < -0.4 is 10.1 Å². The van der Waals surface area contributed by atoms with E-state index in [1.54, 1.807) is 31.1 Å². The Labute approximate surface area is 254 Å². The first-order valence-corrected chi connectivity index (χ1v) is 13.5. The summed E-state index contributed by atoms with van der Waals surface area (Å²) in [5.74, 6) is 0.336. The molecule has 2 aromatic heterocycles. The van der Waals surface area contributed by atoms with Crippen molar-refractivity contribution in [2.45, 2.75) is 39.2 Å². The number of esters is 1. The number of hydrogen-bond donors (Lipinski definition) is 1. The van der Waals surface area contributed by atoms with Crippen LogP contribution in [-0.2, 0) is 9.53 Å². The van der Waals surface area contributed by atoms with Gasteiger partial charge in [0.25, 0.3) is 11.8 Å². The van der Waals surface area contributed by atoms with Gasteiger partial charge in [-0.1, -0.05) is 37.2 Å². The SMILES string of the molecule is CCC(Oc1ccc(-c2noc(C(C)C)n2)cc1)c1nc(-c2ccc(C(=O)NCCOC(=O)CN(C)C)c(F)c2)no1.Cl. The van der Waals surface area contributed by atoms with Gasteiger partial charge in [0.05, 0.1) is 18.7 Å². The normalized spacial score (nSPS) is 11.7. The van der Waals surface area contributed by atoms with Gasteiger partial charge < -0.3 is 23.8 Å². The van der Waals surface area contributed by atoms with Gasteiger partial charge in [0.1, 0.15) is 18.2 Å². The van der Waals surface area contributed by atoms with Crippen LogP contribution in [0.15, 0.2) is 51.5 Å². The summed E-state index contributed by atoms with van der Waals surface area (Å²) >= 11 is 0. The van der Waals surface area contributed by atoms with Crippen molar-refractivity contribution in [3.63, 3.8) is 0 Å². The Balaban J connectivity index is 0.00000506. The molecule has 1 N–H and O–H groups in total. The van der Waals surface area contributed by atoms with Crippen LogP contribution >= 0.6 is 12.4 Å². The van der Waals surface area contributed by atoms with E-state index in [0.29, 0.717) is 29.4 Å². The lowest BCUT2D eigenvalue weighted by Crippen LogP contribution is -2.30. The number of rotatable bonds is 13. The molecule has 1 amide bonds. The van der Waals surface area contributed by atoms with Crippen LogP contribution in [0.4, 0.5) is 4.39 Å². The van der Waals surface area contributed by atoms with Crippen LogP contribution in [0.2, 0.25) is 0 Å². The molecule has 43 heavy (non-hydrogen) atoms. The summed E-state index contributed by atoms with van der Waals surface area (Å²) in [4.78, 5) is 34.4. The molecule has 0 radical (unpaired) electrons. The molecule has 0 saturated heterocycles. The summed E-state index contributed by atoms with van der Waals surface area (Å²) < 4.78 is 36.6. The minimum absolute atomic E-state index is 0. The molecular formula is C29H34ClFN6O6.